The molecule has 0 fully saturated rings. The van der Waals surface area contributed by atoms with Gasteiger partial charge in [-0.15, -0.1) is 0 Å². The maximum atomic E-state index is 12.0. The number of nitrogens with one attached hydrogen (secondary N) is 1. The third kappa shape index (κ3) is 3.74. The second kappa shape index (κ2) is 6.77. The van der Waals surface area contributed by atoms with Gasteiger partial charge < -0.3 is 10.4 Å². The Hall–Kier alpha value is -1.52. The number of amides is 1. The van der Waals surface area contributed by atoms with Crippen molar-refractivity contribution >= 4 is 33.4 Å². The van der Waals surface area contributed by atoms with Gasteiger partial charge in [0.05, 0.1) is 10.6 Å². The molecule has 0 saturated heterocycles. The molecule has 3 nitrogen and oxygen atoms in total. The van der Waals surface area contributed by atoms with E-state index in [1.807, 2.05) is 24.3 Å². The molecular formula is C15H13BrClNO2. The van der Waals surface area contributed by atoms with Crippen molar-refractivity contribution in [2.24, 2.45) is 0 Å². The lowest BCUT2D eigenvalue weighted by atomic mass is 10.1. The minimum atomic E-state index is -0.310. The van der Waals surface area contributed by atoms with Crippen LogP contribution in [0.5, 0.6) is 5.75 Å². The number of hydrogen-bond donors (Lipinski definition) is 2. The molecule has 0 aliphatic rings. The molecule has 0 aliphatic heterocycles. The largest absolute Gasteiger partial charge is 0.508 e. The third-order valence-electron chi connectivity index (χ3n) is 2.82. The normalized spacial score (nSPS) is 10.3. The number of halogens is 2. The van der Waals surface area contributed by atoms with E-state index < -0.39 is 0 Å². The molecule has 1 amide bonds. The summed E-state index contributed by atoms with van der Waals surface area (Å²) in [5.74, 6) is -0.295. The highest BCUT2D eigenvalue weighted by Crippen LogP contribution is 2.21. The number of phenolic OH excluding ortho intramolecular Hbond substituents is 1. The maximum Gasteiger partial charge on any atom is 0.253 e. The van der Waals surface area contributed by atoms with Gasteiger partial charge in [0.1, 0.15) is 5.75 Å². The van der Waals surface area contributed by atoms with Gasteiger partial charge in [0.15, 0.2) is 0 Å². The first kappa shape index (κ1) is 14.9. The summed E-state index contributed by atoms with van der Waals surface area (Å²) in [7, 11) is 0. The molecule has 0 bridgehead atoms. The van der Waals surface area contributed by atoms with Crippen LogP contribution < -0.4 is 5.32 Å². The van der Waals surface area contributed by atoms with Gasteiger partial charge in [-0.05, 0) is 29.3 Å². The minimum Gasteiger partial charge on any atom is -0.508 e. The summed E-state index contributed by atoms with van der Waals surface area (Å²) in [5.41, 5.74) is 2.44. The molecule has 2 N–H and O–H groups in total. The van der Waals surface area contributed by atoms with Crippen LogP contribution in [-0.2, 0) is 11.9 Å². The predicted octanol–water partition coefficient (Wildman–Crippen LogP) is 3.87. The third-order valence-corrected chi connectivity index (χ3v) is 3.80. The SMILES string of the molecule is O=C(NCc1ccc(CBr)cc1)c1cc(O)ccc1Cl. The van der Waals surface area contributed by atoms with Crippen LogP contribution in [0.2, 0.25) is 5.02 Å². The highest BCUT2D eigenvalue weighted by atomic mass is 79.9. The second-order valence-electron chi connectivity index (χ2n) is 4.30. The zero-order chi connectivity index (χ0) is 14.5. The van der Waals surface area contributed by atoms with Crippen molar-refractivity contribution in [3.63, 3.8) is 0 Å². The van der Waals surface area contributed by atoms with E-state index >= 15 is 0 Å². The van der Waals surface area contributed by atoms with Crippen molar-refractivity contribution in [3.8, 4) is 5.75 Å². The molecule has 104 valence electrons. The monoisotopic (exact) mass is 353 g/mol. The van der Waals surface area contributed by atoms with E-state index in [1.165, 1.54) is 23.8 Å². The molecule has 0 radical (unpaired) electrons. The number of aromatic hydroxyl groups is 1. The smallest absolute Gasteiger partial charge is 0.253 e. The number of phenols is 1. The summed E-state index contributed by atoms with van der Waals surface area (Å²) in [6, 6.07) is 12.2. The highest BCUT2D eigenvalue weighted by Gasteiger charge is 2.10. The summed E-state index contributed by atoms with van der Waals surface area (Å²) < 4.78 is 0. The van der Waals surface area contributed by atoms with E-state index in [-0.39, 0.29) is 17.2 Å². The van der Waals surface area contributed by atoms with Crippen LogP contribution in [0.1, 0.15) is 21.5 Å². The number of hydrogen-bond acceptors (Lipinski definition) is 2. The average molecular weight is 355 g/mol. The molecule has 5 heteroatoms. The van der Waals surface area contributed by atoms with Crippen LogP contribution in [0.15, 0.2) is 42.5 Å². The first-order valence-corrected chi connectivity index (χ1v) is 7.50. The topological polar surface area (TPSA) is 49.3 Å². The van der Waals surface area contributed by atoms with Crippen molar-refractivity contribution in [2.45, 2.75) is 11.9 Å². The van der Waals surface area contributed by atoms with E-state index in [0.29, 0.717) is 11.6 Å². The van der Waals surface area contributed by atoms with Gasteiger partial charge in [0.2, 0.25) is 0 Å². The Morgan fingerprint density at radius 3 is 2.45 bits per heavy atom. The van der Waals surface area contributed by atoms with Crippen LogP contribution in [0, 0.1) is 0 Å². The van der Waals surface area contributed by atoms with Crippen LogP contribution in [0.3, 0.4) is 0 Å². The number of carbonyl (C=O) groups excluding carboxylic acids is 1. The van der Waals surface area contributed by atoms with Crippen molar-refractivity contribution in [1.29, 1.82) is 0 Å². The Morgan fingerprint density at radius 1 is 1.15 bits per heavy atom. The highest BCUT2D eigenvalue weighted by molar-refractivity contribution is 9.08. The van der Waals surface area contributed by atoms with Gasteiger partial charge in [-0.2, -0.15) is 0 Å². The molecule has 0 spiro atoms. The van der Waals surface area contributed by atoms with E-state index in [2.05, 4.69) is 21.2 Å². The Labute approximate surface area is 130 Å². The molecule has 0 aliphatic carbocycles. The fourth-order valence-electron chi connectivity index (χ4n) is 1.71. The van der Waals surface area contributed by atoms with E-state index in [4.69, 9.17) is 11.6 Å². The van der Waals surface area contributed by atoms with Crippen LogP contribution in [-0.4, -0.2) is 11.0 Å². The minimum absolute atomic E-state index is 0.0150. The lowest BCUT2D eigenvalue weighted by molar-refractivity contribution is 0.0950. The van der Waals surface area contributed by atoms with Crippen LogP contribution in [0.4, 0.5) is 0 Å². The molecule has 2 rings (SSSR count). The van der Waals surface area contributed by atoms with E-state index in [9.17, 15) is 9.90 Å². The van der Waals surface area contributed by atoms with E-state index in [0.717, 1.165) is 10.9 Å². The fourth-order valence-corrected chi connectivity index (χ4v) is 2.29. The number of carbonyl (C=O) groups is 1. The quantitative estimate of drug-likeness (QED) is 0.819. The zero-order valence-corrected chi connectivity index (χ0v) is 12.9. The van der Waals surface area contributed by atoms with Gasteiger partial charge in [-0.1, -0.05) is 51.8 Å². The van der Waals surface area contributed by atoms with Crippen molar-refractivity contribution in [2.75, 3.05) is 0 Å². The van der Waals surface area contributed by atoms with Crippen molar-refractivity contribution < 1.29 is 9.90 Å². The molecule has 0 heterocycles. The number of benzene rings is 2. The first-order chi connectivity index (χ1) is 9.60. The number of alkyl halides is 1. The lowest BCUT2D eigenvalue weighted by Crippen LogP contribution is -2.23. The summed E-state index contributed by atoms with van der Waals surface area (Å²) in [6.45, 7) is 0.410. The maximum absolute atomic E-state index is 12.0. The Balaban J connectivity index is 2.02. The van der Waals surface area contributed by atoms with Gasteiger partial charge in [0, 0.05) is 11.9 Å². The molecule has 2 aromatic rings. The molecule has 2 aromatic carbocycles. The summed E-state index contributed by atoms with van der Waals surface area (Å²) in [6.07, 6.45) is 0. The van der Waals surface area contributed by atoms with E-state index in [1.54, 1.807) is 0 Å². The Bertz CT molecular complexity index is 614. The van der Waals surface area contributed by atoms with Gasteiger partial charge in [-0.3, -0.25) is 4.79 Å². The molecule has 20 heavy (non-hydrogen) atoms. The standard InChI is InChI=1S/C15H13BrClNO2/c16-8-10-1-3-11(4-2-10)9-18-15(20)13-7-12(19)5-6-14(13)17/h1-7,19H,8-9H2,(H,18,20). The van der Waals surface area contributed by atoms with Gasteiger partial charge in [0.25, 0.3) is 5.91 Å². The van der Waals surface area contributed by atoms with Gasteiger partial charge >= 0.3 is 0 Å². The lowest BCUT2D eigenvalue weighted by Gasteiger charge is -2.08. The Morgan fingerprint density at radius 2 is 1.80 bits per heavy atom. The zero-order valence-electron chi connectivity index (χ0n) is 10.6. The molecular weight excluding hydrogens is 342 g/mol. The average Bonchev–Trinajstić information content (AvgIpc) is 2.47. The molecule has 0 atom stereocenters. The molecule has 0 unspecified atom stereocenters. The van der Waals surface area contributed by atoms with Crippen LogP contribution >= 0.6 is 27.5 Å². The van der Waals surface area contributed by atoms with Crippen molar-refractivity contribution in [1.82, 2.24) is 5.32 Å². The predicted molar refractivity (Wildman–Crippen MR) is 83.4 cm³/mol. The fraction of sp³-hybridized carbons (Fsp3) is 0.133. The summed E-state index contributed by atoms with van der Waals surface area (Å²) >= 11 is 9.32. The summed E-state index contributed by atoms with van der Waals surface area (Å²) in [4.78, 5) is 12.0. The molecule has 0 aromatic heterocycles. The first-order valence-electron chi connectivity index (χ1n) is 6.00. The van der Waals surface area contributed by atoms with Crippen LogP contribution in [0.25, 0.3) is 0 Å². The Kier molecular flexibility index (Phi) is 5.04. The number of rotatable bonds is 4. The molecule has 0 saturated carbocycles. The van der Waals surface area contributed by atoms with Crippen molar-refractivity contribution in [3.05, 3.63) is 64.2 Å². The van der Waals surface area contributed by atoms with Gasteiger partial charge in [-0.25, -0.2) is 0 Å². The summed E-state index contributed by atoms with van der Waals surface area (Å²) in [5, 5.41) is 13.3. The second-order valence-corrected chi connectivity index (χ2v) is 5.26.